The van der Waals surface area contributed by atoms with Crippen LogP contribution < -0.4 is 10.0 Å². The van der Waals surface area contributed by atoms with Crippen molar-refractivity contribution in [1.82, 2.24) is 5.32 Å². The molecule has 0 fully saturated rings. The van der Waals surface area contributed by atoms with Gasteiger partial charge in [0.25, 0.3) is 0 Å². The summed E-state index contributed by atoms with van der Waals surface area (Å²) in [6, 6.07) is 5.80. The first kappa shape index (κ1) is 14.3. The van der Waals surface area contributed by atoms with Crippen LogP contribution in [0.2, 0.25) is 0 Å². The minimum atomic E-state index is -3.29. The smallest absolute Gasteiger partial charge is 0.233 e. The Bertz CT molecular complexity index is 559. The highest BCUT2D eigenvalue weighted by Gasteiger charge is 2.21. The van der Waals surface area contributed by atoms with Gasteiger partial charge in [-0.15, -0.1) is 0 Å². The first-order chi connectivity index (χ1) is 8.75. The van der Waals surface area contributed by atoms with E-state index in [1.807, 2.05) is 39.0 Å². The molecule has 0 saturated heterocycles. The SMILES string of the molecule is CC(C)(C)CS(=O)(=O)Nc1ccc2c(c1)CNCC2. The zero-order valence-electron chi connectivity index (χ0n) is 11.8. The third-order valence-electron chi connectivity index (χ3n) is 2.99. The Balaban J connectivity index is 2.15. The lowest BCUT2D eigenvalue weighted by Crippen LogP contribution is -2.27. The van der Waals surface area contributed by atoms with E-state index < -0.39 is 10.0 Å². The molecule has 4 nitrogen and oxygen atoms in total. The Hall–Kier alpha value is -1.07. The molecule has 0 radical (unpaired) electrons. The summed E-state index contributed by atoms with van der Waals surface area (Å²) in [6.07, 6.45) is 1.00. The van der Waals surface area contributed by atoms with Gasteiger partial charge >= 0.3 is 0 Å². The molecule has 0 amide bonds. The third kappa shape index (κ3) is 4.21. The summed E-state index contributed by atoms with van der Waals surface area (Å²) in [6.45, 7) is 7.56. The van der Waals surface area contributed by atoms with Gasteiger partial charge in [-0.05, 0) is 41.6 Å². The molecule has 2 N–H and O–H groups in total. The van der Waals surface area contributed by atoms with Crippen molar-refractivity contribution < 1.29 is 8.42 Å². The molecule has 0 bridgehead atoms. The maximum atomic E-state index is 12.1. The highest BCUT2D eigenvalue weighted by molar-refractivity contribution is 7.92. The Kier molecular flexibility index (Phi) is 3.87. The number of hydrogen-bond acceptors (Lipinski definition) is 3. The Morgan fingerprint density at radius 3 is 2.68 bits per heavy atom. The molecule has 0 atom stereocenters. The lowest BCUT2D eigenvalue weighted by molar-refractivity contribution is 0.463. The Morgan fingerprint density at radius 1 is 1.26 bits per heavy atom. The average Bonchev–Trinajstić information content (AvgIpc) is 2.24. The molecule has 1 aliphatic rings. The number of hydrogen-bond donors (Lipinski definition) is 2. The summed E-state index contributed by atoms with van der Waals surface area (Å²) < 4.78 is 26.8. The second kappa shape index (κ2) is 5.13. The molecular weight excluding hydrogens is 260 g/mol. The van der Waals surface area contributed by atoms with Crippen molar-refractivity contribution in [3.05, 3.63) is 29.3 Å². The van der Waals surface area contributed by atoms with Crippen LogP contribution in [-0.4, -0.2) is 20.7 Å². The van der Waals surface area contributed by atoms with Crippen LogP contribution in [0, 0.1) is 5.41 Å². The molecule has 0 aliphatic carbocycles. The summed E-state index contributed by atoms with van der Waals surface area (Å²) in [5, 5.41) is 3.29. The van der Waals surface area contributed by atoms with Crippen molar-refractivity contribution in [1.29, 1.82) is 0 Å². The van der Waals surface area contributed by atoms with E-state index in [9.17, 15) is 8.42 Å². The van der Waals surface area contributed by atoms with Crippen LogP contribution in [0.25, 0.3) is 0 Å². The van der Waals surface area contributed by atoms with Crippen molar-refractivity contribution in [2.45, 2.75) is 33.7 Å². The molecule has 0 spiro atoms. The molecule has 1 heterocycles. The number of benzene rings is 1. The van der Waals surface area contributed by atoms with Gasteiger partial charge in [-0.3, -0.25) is 4.72 Å². The minimum absolute atomic E-state index is 0.120. The predicted molar refractivity (Wildman–Crippen MR) is 78.7 cm³/mol. The van der Waals surface area contributed by atoms with Crippen molar-refractivity contribution in [2.24, 2.45) is 5.41 Å². The lowest BCUT2D eigenvalue weighted by Gasteiger charge is -2.21. The second-order valence-electron chi connectivity index (χ2n) is 6.33. The van der Waals surface area contributed by atoms with Gasteiger partial charge in [-0.1, -0.05) is 26.8 Å². The largest absolute Gasteiger partial charge is 0.312 e. The molecule has 0 aromatic heterocycles. The zero-order valence-corrected chi connectivity index (χ0v) is 12.6. The molecule has 5 heteroatoms. The van der Waals surface area contributed by atoms with E-state index in [0.29, 0.717) is 5.69 Å². The topological polar surface area (TPSA) is 58.2 Å². The first-order valence-electron chi connectivity index (χ1n) is 6.58. The number of rotatable bonds is 3. The van der Waals surface area contributed by atoms with Gasteiger partial charge in [0.1, 0.15) is 0 Å². The molecule has 1 aromatic carbocycles. The normalized spacial score (nSPS) is 15.9. The predicted octanol–water partition coefficient (Wildman–Crippen LogP) is 2.12. The standard InChI is InChI=1S/C14H22N2O2S/c1-14(2,3)10-19(17,18)16-13-5-4-11-6-7-15-9-12(11)8-13/h4-5,8,15-16H,6-7,9-10H2,1-3H3. The van der Waals surface area contributed by atoms with Crippen molar-refractivity contribution in [3.63, 3.8) is 0 Å². The fourth-order valence-electron chi connectivity index (χ4n) is 2.33. The van der Waals surface area contributed by atoms with Crippen LogP contribution in [0.4, 0.5) is 5.69 Å². The van der Waals surface area contributed by atoms with Crippen LogP contribution in [0.1, 0.15) is 31.9 Å². The number of fused-ring (bicyclic) bond motifs is 1. The van der Waals surface area contributed by atoms with Gasteiger partial charge in [-0.25, -0.2) is 8.42 Å². The molecule has 1 aromatic rings. The molecular formula is C14H22N2O2S. The van der Waals surface area contributed by atoms with Crippen LogP contribution in [-0.2, 0) is 23.0 Å². The fourth-order valence-corrected chi connectivity index (χ4v) is 4.03. The average molecular weight is 282 g/mol. The summed E-state index contributed by atoms with van der Waals surface area (Å²) >= 11 is 0. The molecule has 0 unspecified atom stereocenters. The van der Waals surface area contributed by atoms with Crippen molar-refractivity contribution in [2.75, 3.05) is 17.0 Å². The van der Waals surface area contributed by atoms with Gasteiger partial charge in [0.05, 0.1) is 5.75 Å². The number of anilines is 1. The van der Waals surface area contributed by atoms with E-state index in [-0.39, 0.29) is 11.2 Å². The number of nitrogens with one attached hydrogen (secondary N) is 2. The van der Waals surface area contributed by atoms with E-state index in [1.165, 1.54) is 11.1 Å². The van der Waals surface area contributed by atoms with E-state index in [4.69, 9.17) is 0 Å². The maximum absolute atomic E-state index is 12.1. The van der Waals surface area contributed by atoms with Crippen LogP contribution in [0.3, 0.4) is 0 Å². The Labute approximate surface area is 115 Å². The molecule has 106 valence electrons. The highest BCUT2D eigenvalue weighted by Crippen LogP contribution is 2.22. The van der Waals surface area contributed by atoms with Crippen LogP contribution in [0.5, 0.6) is 0 Å². The third-order valence-corrected chi connectivity index (χ3v) is 4.78. The van der Waals surface area contributed by atoms with Gasteiger partial charge in [-0.2, -0.15) is 0 Å². The summed E-state index contributed by atoms with van der Waals surface area (Å²) in [5.74, 6) is 0.120. The fraction of sp³-hybridized carbons (Fsp3) is 0.571. The molecule has 0 saturated carbocycles. The zero-order chi connectivity index (χ0) is 14.1. The van der Waals surface area contributed by atoms with Gasteiger partial charge in [0, 0.05) is 12.2 Å². The quantitative estimate of drug-likeness (QED) is 0.893. The minimum Gasteiger partial charge on any atom is -0.312 e. The summed E-state index contributed by atoms with van der Waals surface area (Å²) in [4.78, 5) is 0. The monoisotopic (exact) mass is 282 g/mol. The highest BCUT2D eigenvalue weighted by atomic mass is 32.2. The van der Waals surface area contributed by atoms with Gasteiger partial charge in [0.15, 0.2) is 0 Å². The van der Waals surface area contributed by atoms with Crippen molar-refractivity contribution >= 4 is 15.7 Å². The summed E-state index contributed by atoms with van der Waals surface area (Å²) in [7, 11) is -3.29. The van der Waals surface area contributed by atoms with E-state index in [0.717, 1.165) is 19.5 Å². The Morgan fingerprint density at radius 2 is 2.00 bits per heavy atom. The van der Waals surface area contributed by atoms with E-state index >= 15 is 0 Å². The second-order valence-corrected chi connectivity index (χ2v) is 8.05. The first-order valence-corrected chi connectivity index (χ1v) is 8.23. The number of sulfonamides is 1. The maximum Gasteiger partial charge on any atom is 0.233 e. The van der Waals surface area contributed by atoms with Gasteiger partial charge in [0.2, 0.25) is 10.0 Å². The van der Waals surface area contributed by atoms with Crippen LogP contribution >= 0.6 is 0 Å². The lowest BCUT2D eigenvalue weighted by atomic mass is 10.0. The van der Waals surface area contributed by atoms with E-state index in [2.05, 4.69) is 10.0 Å². The molecule has 19 heavy (non-hydrogen) atoms. The summed E-state index contributed by atoms with van der Waals surface area (Å²) in [5.41, 5.74) is 2.90. The molecule has 1 aliphatic heterocycles. The molecule has 2 rings (SSSR count). The van der Waals surface area contributed by atoms with E-state index in [1.54, 1.807) is 0 Å². The van der Waals surface area contributed by atoms with Crippen LogP contribution in [0.15, 0.2) is 18.2 Å². The van der Waals surface area contributed by atoms with Gasteiger partial charge < -0.3 is 5.32 Å². The van der Waals surface area contributed by atoms with Crippen molar-refractivity contribution in [3.8, 4) is 0 Å².